The van der Waals surface area contributed by atoms with Crippen LogP contribution in [0.3, 0.4) is 0 Å². The van der Waals surface area contributed by atoms with Crippen LogP contribution in [0.2, 0.25) is 0 Å². The number of hydrogen-bond donors (Lipinski definition) is 2. The van der Waals surface area contributed by atoms with E-state index in [-0.39, 0.29) is 17.3 Å². The molecule has 0 aliphatic rings. The Balaban J connectivity index is 2.30. The zero-order valence-corrected chi connectivity index (χ0v) is 13.2. The molecule has 0 heterocycles. The molecule has 2 N–H and O–H groups in total. The van der Waals surface area contributed by atoms with Crippen molar-refractivity contribution in [1.29, 1.82) is 0 Å². The topological polar surface area (TPSA) is 66.8 Å². The van der Waals surface area contributed by atoms with Gasteiger partial charge >= 0.3 is 0 Å². The van der Waals surface area contributed by atoms with Crippen molar-refractivity contribution in [2.24, 2.45) is 0 Å². The number of carbonyl (C=O) groups excluding carboxylic acids is 1. The fraction of sp³-hybridized carbons (Fsp3) is 0.211. The smallest absolute Gasteiger partial charge is 0.185 e. The zero-order valence-electron chi connectivity index (χ0n) is 13.2. The van der Waals surface area contributed by atoms with Gasteiger partial charge in [0.05, 0.1) is 6.61 Å². The van der Waals surface area contributed by atoms with Crippen LogP contribution in [-0.2, 0) is 6.42 Å². The average Bonchev–Trinajstić information content (AvgIpc) is 2.54. The van der Waals surface area contributed by atoms with Crippen molar-refractivity contribution in [1.82, 2.24) is 0 Å². The molecule has 23 heavy (non-hydrogen) atoms. The fourth-order valence-corrected chi connectivity index (χ4v) is 2.21. The number of phenolic OH excluding ortho intramolecular Hbond substituents is 2. The van der Waals surface area contributed by atoms with Crippen molar-refractivity contribution in [3.63, 3.8) is 0 Å². The summed E-state index contributed by atoms with van der Waals surface area (Å²) in [6.07, 6.45) is 3.82. The van der Waals surface area contributed by atoms with Crippen LogP contribution in [0.15, 0.2) is 42.5 Å². The largest absolute Gasteiger partial charge is 0.508 e. The van der Waals surface area contributed by atoms with Crippen LogP contribution < -0.4 is 4.74 Å². The van der Waals surface area contributed by atoms with Crippen LogP contribution in [0, 0.1) is 0 Å². The van der Waals surface area contributed by atoms with Crippen LogP contribution in [0.5, 0.6) is 17.2 Å². The lowest BCUT2D eigenvalue weighted by Crippen LogP contribution is -1.97. The van der Waals surface area contributed by atoms with Gasteiger partial charge in [-0.15, -0.1) is 0 Å². The molecule has 4 nitrogen and oxygen atoms in total. The molecular weight excluding hydrogens is 292 g/mol. The first-order valence-corrected chi connectivity index (χ1v) is 7.55. The molecule has 120 valence electrons. The van der Waals surface area contributed by atoms with Gasteiger partial charge in [-0.2, -0.15) is 0 Å². The third kappa shape index (κ3) is 4.13. The first kappa shape index (κ1) is 16.6. The van der Waals surface area contributed by atoms with Crippen LogP contribution >= 0.6 is 0 Å². The van der Waals surface area contributed by atoms with E-state index >= 15 is 0 Å². The average molecular weight is 312 g/mol. The van der Waals surface area contributed by atoms with Gasteiger partial charge in [0, 0.05) is 17.2 Å². The van der Waals surface area contributed by atoms with Crippen molar-refractivity contribution in [2.45, 2.75) is 20.3 Å². The minimum Gasteiger partial charge on any atom is -0.508 e. The van der Waals surface area contributed by atoms with Gasteiger partial charge < -0.3 is 14.9 Å². The number of ketones is 1. The normalized spacial score (nSPS) is 10.9. The van der Waals surface area contributed by atoms with E-state index in [9.17, 15) is 15.0 Å². The molecule has 2 rings (SSSR count). The van der Waals surface area contributed by atoms with E-state index in [1.807, 2.05) is 19.9 Å². The molecule has 0 aromatic heterocycles. The van der Waals surface area contributed by atoms with Crippen LogP contribution in [0.1, 0.15) is 35.3 Å². The van der Waals surface area contributed by atoms with Crippen molar-refractivity contribution >= 4 is 11.9 Å². The zero-order chi connectivity index (χ0) is 16.8. The van der Waals surface area contributed by atoms with Crippen molar-refractivity contribution in [3.8, 4) is 17.2 Å². The predicted molar refractivity (Wildman–Crippen MR) is 90.1 cm³/mol. The molecule has 2 aromatic rings. The molecule has 0 atom stereocenters. The molecule has 0 saturated heterocycles. The molecule has 2 aromatic carbocycles. The lowest BCUT2D eigenvalue weighted by atomic mass is 10.0. The first-order valence-electron chi connectivity index (χ1n) is 7.55. The molecule has 0 saturated carbocycles. The molecule has 0 amide bonds. The fourth-order valence-electron chi connectivity index (χ4n) is 2.21. The molecule has 0 unspecified atom stereocenters. The number of carbonyl (C=O) groups is 1. The second kappa shape index (κ2) is 7.49. The number of allylic oxidation sites excluding steroid dienone is 1. The third-order valence-electron chi connectivity index (χ3n) is 3.46. The van der Waals surface area contributed by atoms with Gasteiger partial charge in [0.15, 0.2) is 5.78 Å². The molecule has 0 bridgehead atoms. The summed E-state index contributed by atoms with van der Waals surface area (Å²) in [4.78, 5) is 12.2. The van der Waals surface area contributed by atoms with E-state index in [4.69, 9.17) is 4.74 Å². The Morgan fingerprint density at radius 1 is 1.13 bits per heavy atom. The second-order valence-corrected chi connectivity index (χ2v) is 5.05. The summed E-state index contributed by atoms with van der Waals surface area (Å²) in [6.45, 7) is 4.28. The molecule has 4 heteroatoms. The maximum Gasteiger partial charge on any atom is 0.185 e. The molecule has 0 spiro atoms. The lowest BCUT2D eigenvalue weighted by Gasteiger charge is -2.11. The van der Waals surface area contributed by atoms with Gasteiger partial charge in [0.1, 0.15) is 17.2 Å². The number of phenols is 2. The Hall–Kier alpha value is -2.75. The molecular formula is C19H20O4. The monoisotopic (exact) mass is 312 g/mol. The Bertz CT molecular complexity index is 715. The highest BCUT2D eigenvalue weighted by Gasteiger charge is 2.08. The van der Waals surface area contributed by atoms with Gasteiger partial charge in [-0.3, -0.25) is 4.79 Å². The minimum absolute atomic E-state index is 0.121. The third-order valence-corrected chi connectivity index (χ3v) is 3.46. The van der Waals surface area contributed by atoms with Gasteiger partial charge in [-0.25, -0.2) is 0 Å². The highest BCUT2D eigenvalue weighted by atomic mass is 16.5. The number of hydrogen-bond acceptors (Lipinski definition) is 4. The first-order chi connectivity index (χ1) is 11.0. The Morgan fingerprint density at radius 3 is 2.43 bits per heavy atom. The summed E-state index contributed by atoms with van der Waals surface area (Å²) >= 11 is 0. The predicted octanol–water partition coefficient (Wildman–Crippen LogP) is 3.96. The number of aromatic hydroxyl groups is 2. The Morgan fingerprint density at radius 2 is 1.83 bits per heavy atom. The highest BCUT2D eigenvalue weighted by molar-refractivity contribution is 6.07. The minimum atomic E-state index is -0.168. The van der Waals surface area contributed by atoms with E-state index in [0.29, 0.717) is 24.3 Å². The molecule has 0 fully saturated rings. The maximum absolute atomic E-state index is 12.2. The standard InChI is InChI=1S/C19H20O4/c1-3-13-11-15(19(23-4-2)12-18(13)22)7-10-17(21)14-5-8-16(20)9-6-14/h5-12,20,22H,3-4H2,1-2H3. The number of aryl methyl sites for hydroxylation is 1. The summed E-state index contributed by atoms with van der Waals surface area (Å²) in [5.74, 6) is 0.684. The lowest BCUT2D eigenvalue weighted by molar-refractivity contribution is 0.104. The Kier molecular flexibility index (Phi) is 5.41. The van der Waals surface area contributed by atoms with E-state index in [1.165, 1.54) is 18.2 Å². The SMILES string of the molecule is CCOc1cc(O)c(CC)cc1C=CC(=O)c1ccc(O)cc1. The quantitative estimate of drug-likeness (QED) is 0.626. The molecule has 0 radical (unpaired) electrons. The number of benzene rings is 2. The maximum atomic E-state index is 12.2. The van der Waals surface area contributed by atoms with Crippen molar-refractivity contribution < 1.29 is 19.7 Å². The number of rotatable bonds is 6. The van der Waals surface area contributed by atoms with Gasteiger partial charge in [-0.1, -0.05) is 6.92 Å². The molecule has 0 aliphatic carbocycles. The summed E-state index contributed by atoms with van der Waals surface area (Å²) in [5, 5.41) is 19.2. The van der Waals surface area contributed by atoms with Gasteiger partial charge in [0.2, 0.25) is 0 Å². The highest BCUT2D eigenvalue weighted by Crippen LogP contribution is 2.30. The summed E-state index contributed by atoms with van der Waals surface area (Å²) < 4.78 is 5.52. The van der Waals surface area contributed by atoms with Crippen molar-refractivity contribution in [2.75, 3.05) is 6.61 Å². The van der Waals surface area contributed by atoms with E-state index < -0.39 is 0 Å². The molecule has 0 aliphatic heterocycles. The van der Waals surface area contributed by atoms with Crippen LogP contribution in [-0.4, -0.2) is 22.6 Å². The van der Waals surface area contributed by atoms with Gasteiger partial charge in [0.25, 0.3) is 0 Å². The summed E-state index contributed by atoms with van der Waals surface area (Å²) in [6, 6.07) is 9.48. The Labute approximate surface area is 135 Å². The van der Waals surface area contributed by atoms with E-state index in [1.54, 1.807) is 24.3 Å². The second-order valence-electron chi connectivity index (χ2n) is 5.05. The van der Waals surface area contributed by atoms with Gasteiger partial charge in [-0.05, 0) is 61.4 Å². The number of ether oxygens (including phenoxy) is 1. The summed E-state index contributed by atoms with van der Waals surface area (Å²) in [5.41, 5.74) is 2.03. The summed E-state index contributed by atoms with van der Waals surface area (Å²) in [7, 11) is 0. The van der Waals surface area contributed by atoms with Crippen LogP contribution in [0.4, 0.5) is 0 Å². The van der Waals surface area contributed by atoms with Crippen LogP contribution in [0.25, 0.3) is 6.08 Å². The van der Waals surface area contributed by atoms with E-state index in [2.05, 4.69) is 0 Å². The van der Waals surface area contributed by atoms with Crippen molar-refractivity contribution in [3.05, 3.63) is 59.2 Å². The van der Waals surface area contributed by atoms with E-state index in [0.717, 1.165) is 11.1 Å².